The van der Waals surface area contributed by atoms with E-state index in [2.05, 4.69) is 11.2 Å². The Balaban J connectivity index is 2.26. The number of amides is 2. The molecule has 3 atom stereocenters. The van der Waals surface area contributed by atoms with Gasteiger partial charge < -0.3 is 15.8 Å². The molecule has 0 spiro atoms. The van der Waals surface area contributed by atoms with Crippen molar-refractivity contribution in [2.45, 2.75) is 42.2 Å². The van der Waals surface area contributed by atoms with Crippen LogP contribution in [0.3, 0.4) is 0 Å². The molecule has 26 heavy (non-hydrogen) atoms. The minimum absolute atomic E-state index is 0.0777. The number of hydrogen-bond donors (Lipinski definition) is 2. The number of terminal acetylenes is 1. The summed E-state index contributed by atoms with van der Waals surface area (Å²) in [4.78, 5) is 23.9. The minimum Gasteiger partial charge on any atom is -0.368 e. The largest absolute Gasteiger partial charge is 0.368 e. The summed E-state index contributed by atoms with van der Waals surface area (Å²) >= 11 is 1.08. The van der Waals surface area contributed by atoms with Gasteiger partial charge in [-0.05, 0) is 31.2 Å². The van der Waals surface area contributed by atoms with E-state index in [1.807, 2.05) is 0 Å². The number of nitrogens with two attached hydrogens (primary N) is 1. The standard InChI is InChI=1S/C16H21N3O5S2/c1-3-8-24-12-6-7-19(26(22,23)14-5-4-9-25-14)13(10-12)16(21)18-11(2)15(17)20/h1,4-5,9,11-13H,6-8,10H2,2H3,(H2,17,20)(H,18,21). The summed E-state index contributed by atoms with van der Waals surface area (Å²) < 4.78 is 32.6. The van der Waals surface area contributed by atoms with Crippen LogP contribution in [-0.4, -0.2) is 55.9 Å². The van der Waals surface area contributed by atoms with Crippen LogP contribution in [0.4, 0.5) is 0 Å². The number of nitrogens with one attached hydrogen (secondary N) is 1. The molecule has 1 aromatic rings. The van der Waals surface area contributed by atoms with Crippen molar-refractivity contribution in [3.8, 4) is 12.3 Å². The number of carbonyl (C=O) groups excluding carboxylic acids is 2. The molecule has 2 rings (SSSR count). The lowest BCUT2D eigenvalue weighted by molar-refractivity contribution is -0.131. The highest BCUT2D eigenvalue weighted by Gasteiger charge is 2.41. The molecule has 0 aromatic carbocycles. The van der Waals surface area contributed by atoms with Gasteiger partial charge in [-0.2, -0.15) is 4.31 Å². The average molecular weight is 399 g/mol. The van der Waals surface area contributed by atoms with Crippen LogP contribution in [0.1, 0.15) is 19.8 Å². The molecule has 3 unspecified atom stereocenters. The normalized spacial score (nSPS) is 22.3. The number of carbonyl (C=O) groups is 2. The predicted octanol–water partition coefficient (Wildman–Crippen LogP) is -0.0904. The Morgan fingerprint density at radius 3 is 2.88 bits per heavy atom. The summed E-state index contributed by atoms with van der Waals surface area (Å²) in [6, 6.07) is 1.19. The number of hydrogen-bond acceptors (Lipinski definition) is 6. The molecule has 0 radical (unpaired) electrons. The number of rotatable bonds is 7. The van der Waals surface area contributed by atoms with Crippen LogP contribution in [0, 0.1) is 12.3 Å². The Morgan fingerprint density at radius 1 is 1.58 bits per heavy atom. The van der Waals surface area contributed by atoms with E-state index in [1.165, 1.54) is 13.0 Å². The SMILES string of the molecule is C#CCOC1CCN(S(=O)(=O)c2cccs2)C(C(=O)NC(C)C(N)=O)C1. The van der Waals surface area contributed by atoms with E-state index >= 15 is 0 Å². The summed E-state index contributed by atoms with van der Waals surface area (Å²) in [5.41, 5.74) is 5.17. The van der Waals surface area contributed by atoms with Crippen LogP contribution >= 0.6 is 11.3 Å². The Morgan fingerprint density at radius 2 is 2.31 bits per heavy atom. The molecule has 0 aliphatic carbocycles. The van der Waals surface area contributed by atoms with Gasteiger partial charge in [-0.15, -0.1) is 17.8 Å². The highest BCUT2D eigenvalue weighted by atomic mass is 32.2. The molecule has 1 aliphatic rings. The highest BCUT2D eigenvalue weighted by molar-refractivity contribution is 7.91. The van der Waals surface area contributed by atoms with E-state index in [-0.39, 0.29) is 29.9 Å². The van der Waals surface area contributed by atoms with E-state index in [4.69, 9.17) is 16.9 Å². The van der Waals surface area contributed by atoms with Crippen LogP contribution in [0.2, 0.25) is 0 Å². The third kappa shape index (κ3) is 4.62. The number of thiophene rings is 1. The molecule has 8 nitrogen and oxygen atoms in total. The molecule has 3 N–H and O–H groups in total. The van der Waals surface area contributed by atoms with Crippen molar-refractivity contribution >= 4 is 33.2 Å². The number of piperidine rings is 1. The second kappa shape index (κ2) is 8.64. The van der Waals surface area contributed by atoms with Gasteiger partial charge in [0, 0.05) is 6.54 Å². The van der Waals surface area contributed by atoms with Crippen LogP contribution < -0.4 is 11.1 Å². The Bertz CT molecular complexity index is 785. The summed E-state index contributed by atoms with van der Waals surface area (Å²) in [6.07, 6.45) is 5.40. The summed E-state index contributed by atoms with van der Waals surface area (Å²) in [7, 11) is -3.83. The van der Waals surface area contributed by atoms with Crippen molar-refractivity contribution in [2.24, 2.45) is 5.73 Å². The molecule has 1 fully saturated rings. The molecule has 142 valence electrons. The van der Waals surface area contributed by atoms with Crippen LogP contribution in [0.15, 0.2) is 21.7 Å². The molecule has 2 heterocycles. The van der Waals surface area contributed by atoms with E-state index in [0.717, 1.165) is 15.6 Å². The number of sulfonamides is 1. The first-order valence-electron chi connectivity index (χ1n) is 7.97. The molecule has 0 saturated carbocycles. The Hall–Kier alpha value is -1.93. The number of nitrogens with zero attached hydrogens (tertiary/aromatic N) is 1. The van der Waals surface area contributed by atoms with E-state index in [9.17, 15) is 18.0 Å². The van der Waals surface area contributed by atoms with Crippen molar-refractivity contribution < 1.29 is 22.7 Å². The van der Waals surface area contributed by atoms with Gasteiger partial charge in [0.15, 0.2) is 0 Å². The first-order valence-corrected chi connectivity index (χ1v) is 10.3. The number of ether oxygens (including phenoxy) is 1. The quantitative estimate of drug-likeness (QED) is 0.621. The minimum atomic E-state index is -3.83. The fourth-order valence-electron chi connectivity index (χ4n) is 2.66. The Labute approximate surface area is 156 Å². The topological polar surface area (TPSA) is 119 Å². The molecule has 10 heteroatoms. The highest BCUT2D eigenvalue weighted by Crippen LogP contribution is 2.29. The molecular formula is C16H21N3O5S2. The average Bonchev–Trinajstić information content (AvgIpc) is 3.14. The van der Waals surface area contributed by atoms with E-state index in [0.29, 0.717) is 6.42 Å². The van der Waals surface area contributed by atoms with Gasteiger partial charge in [0.1, 0.15) is 22.9 Å². The zero-order valence-electron chi connectivity index (χ0n) is 14.3. The third-order valence-corrected chi connectivity index (χ3v) is 7.34. The van der Waals surface area contributed by atoms with Crippen molar-refractivity contribution in [1.82, 2.24) is 9.62 Å². The van der Waals surface area contributed by atoms with Gasteiger partial charge in [-0.1, -0.05) is 12.0 Å². The van der Waals surface area contributed by atoms with Gasteiger partial charge in [0.2, 0.25) is 11.8 Å². The first-order chi connectivity index (χ1) is 12.3. The zero-order valence-corrected chi connectivity index (χ0v) is 15.9. The van der Waals surface area contributed by atoms with E-state index in [1.54, 1.807) is 11.4 Å². The zero-order chi connectivity index (χ0) is 19.3. The van der Waals surface area contributed by atoms with Gasteiger partial charge in [0.05, 0.1) is 6.10 Å². The van der Waals surface area contributed by atoms with Crippen molar-refractivity contribution in [3.63, 3.8) is 0 Å². The van der Waals surface area contributed by atoms with Gasteiger partial charge >= 0.3 is 0 Å². The van der Waals surface area contributed by atoms with Gasteiger partial charge in [-0.25, -0.2) is 8.42 Å². The molecular weight excluding hydrogens is 378 g/mol. The molecule has 1 aliphatic heterocycles. The van der Waals surface area contributed by atoms with Crippen LogP contribution in [-0.2, 0) is 24.3 Å². The second-order valence-corrected chi connectivity index (χ2v) is 8.92. The fourth-order valence-corrected chi connectivity index (χ4v) is 5.39. The smallest absolute Gasteiger partial charge is 0.253 e. The summed E-state index contributed by atoms with van der Waals surface area (Å²) in [5, 5.41) is 4.11. The molecule has 1 aromatic heterocycles. The Kier molecular flexibility index (Phi) is 6.77. The maximum atomic E-state index is 12.9. The maximum Gasteiger partial charge on any atom is 0.253 e. The van der Waals surface area contributed by atoms with Gasteiger partial charge in [0.25, 0.3) is 10.0 Å². The number of primary amides is 1. The van der Waals surface area contributed by atoms with Crippen LogP contribution in [0.25, 0.3) is 0 Å². The monoisotopic (exact) mass is 399 g/mol. The lowest BCUT2D eigenvalue weighted by Crippen LogP contribution is -2.57. The molecule has 1 saturated heterocycles. The predicted molar refractivity (Wildman–Crippen MR) is 96.6 cm³/mol. The third-order valence-electron chi connectivity index (χ3n) is 4.05. The van der Waals surface area contributed by atoms with E-state index < -0.39 is 33.9 Å². The van der Waals surface area contributed by atoms with Gasteiger partial charge in [-0.3, -0.25) is 9.59 Å². The van der Waals surface area contributed by atoms with Crippen LogP contribution in [0.5, 0.6) is 0 Å². The summed E-state index contributed by atoms with van der Waals surface area (Å²) in [5.74, 6) is 1.06. The first kappa shape index (κ1) is 20.4. The fraction of sp³-hybridized carbons (Fsp3) is 0.500. The molecule has 0 bridgehead atoms. The lowest BCUT2D eigenvalue weighted by atomic mass is 10.0. The second-order valence-electron chi connectivity index (χ2n) is 5.86. The lowest BCUT2D eigenvalue weighted by Gasteiger charge is -2.37. The van der Waals surface area contributed by atoms with Crippen molar-refractivity contribution in [3.05, 3.63) is 17.5 Å². The summed E-state index contributed by atoms with van der Waals surface area (Å²) in [6.45, 7) is 1.63. The molecule has 2 amide bonds. The van der Waals surface area contributed by atoms with Crippen molar-refractivity contribution in [2.75, 3.05) is 13.2 Å². The van der Waals surface area contributed by atoms with Crippen molar-refractivity contribution in [1.29, 1.82) is 0 Å². The maximum absolute atomic E-state index is 12.9.